The van der Waals surface area contributed by atoms with Gasteiger partial charge in [-0.15, -0.1) is 0 Å². The summed E-state index contributed by atoms with van der Waals surface area (Å²) in [4.78, 5) is 0. The Balaban J connectivity index is 1.52. The Bertz CT molecular complexity index is 1260. The van der Waals surface area contributed by atoms with Gasteiger partial charge in [0.15, 0.2) is 11.5 Å². The number of hydrogen-bond acceptors (Lipinski definition) is 5. The van der Waals surface area contributed by atoms with Crippen LogP contribution in [0.3, 0.4) is 0 Å². The van der Waals surface area contributed by atoms with E-state index in [-0.39, 0.29) is 5.82 Å². The minimum absolute atomic E-state index is 0.266. The molecule has 0 spiro atoms. The molecule has 1 N–H and O–H groups in total. The Morgan fingerprint density at radius 3 is 2.33 bits per heavy atom. The molecule has 0 heterocycles. The lowest BCUT2D eigenvalue weighted by atomic mass is 10.0. The van der Waals surface area contributed by atoms with E-state index in [0.29, 0.717) is 30.4 Å². The van der Waals surface area contributed by atoms with Crippen LogP contribution in [0.2, 0.25) is 0 Å². The molecule has 0 aliphatic heterocycles. The van der Waals surface area contributed by atoms with Crippen molar-refractivity contribution in [1.29, 1.82) is 0 Å². The van der Waals surface area contributed by atoms with Crippen molar-refractivity contribution in [1.82, 2.24) is 5.43 Å². The number of nitrogens with zero attached hydrogens (tertiary/aromatic N) is 1. The van der Waals surface area contributed by atoms with Gasteiger partial charge in [0.1, 0.15) is 18.2 Å². The molecule has 0 aromatic heterocycles. The van der Waals surface area contributed by atoms with E-state index in [1.54, 1.807) is 32.6 Å². The number of halogens is 1. The van der Waals surface area contributed by atoms with Gasteiger partial charge >= 0.3 is 0 Å². The van der Waals surface area contributed by atoms with Crippen LogP contribution in [0.4, 0.5) is 4.39 Å². The summed E-state index contributed by atoms with van der Waals surface area (Å²) in [7, 11) is 3.22. The van der Waals surface area contributed by atoms with Gasteiger partial charge in [-0.2, -0.15) is 5.10 Å². The molecular formula is C27H25FN2O3. The fraction of sp³-hybridized carbons (Fsp3) is 0.148. The van der Waals surface area contributed by atoms with Gasteiger partial charge in [-0.3, -0.25) is 0 Å². The van der Waals surface area contributed by atoms with Crippen molar-refractivity contribution < 1.29 is 18.6 Å². The Hall–Kier alpha value is -4.06. The molecule has 0 unspecified atom stereocenters. The van der Waals surface area contributed by atoms with Crippen LogP contribution in [-0.2, 0) is 13.2 Å². The van der Waals surface area contributed by atoms with Gasteiger partial charge in [-0.05, 0) is 52.2 Å². The third-order valence-electron chi connectivity index (χ3n) is 5.25. The van der Waals surface area contributed by atoms with E-state index in [1.807, 2.05) is 54.6 Å². The lowest BCUT2D eigenvalue weighted by Crippen LogP contribution is -2.07. The van der Waals surface area contributed by atoms with Gasteiger partial charge in [0.2, 0.25) is 0 Å². The van der Waals surface area contributed by atoms with Crippen LogP contribution in [-0.4, -0.2) is 20.4 Å². The Morgan fingerprint density at radius 2 is 1.55 bits per heavy atom. The summed E-state index contributed by atoms with van der Waals surface area (Å²) in [6, 6.07) is 24.1. The monoisotopic (exact) mass is 444 g/mol. The van der Waals surface area contributed by atoms with Crippen LogP contribution in [0, 0.1) is 5.82 Å². The average molecular weight is 445 g/mol. The van der Waals surface area contributed by atoms with Crippen molar-refractivity contribution in [3.8, 4) is 17.2 Å². The number of nitrogens with one attached hydrogen (secondary N) is 1. The lowest BCUT2D eigenvalue weighted by Gasteiger charge is -2.12. The highest BCUT2D eigenvalue weighted by atomic mass is 19.1. The second kappa shape index (κ2) is 10.5. The van der Waals surface area contributed by atoms with Crippen molar-refractivity contribution in [2.75, 3.05) is 14.2 Å². The standard InChI is InChI=1S/C27H25FN2O3/c1-31-26-13-9-20(15-27(26)32-2)16-29-30-17-24-23-6-4-3-5-21(23)10-14-25(24)33-18-19-7-11-22(28)12-8-19/h3-15,17,29H,16,18H2,1-2H3/b30-17+. The van der Waals surface area contributed by atoms with Gasteiger partial charge in [0, 0.05) is 5.56 Å². The van der Waals surface area contributed by atoms with E-state index < -0.39 is 0 Å². The van der Waals surface area contributed by atoms with Crippen molar-refractivity contribution in [2.24, 2.45) is 5.10 Å². The fourth-order valence-corrected chi connectivity index (χ4v) is 3.51. The minimum atomic E-state index is -0.266. The van der Waals surface area contributed by atoms with Crippen LogP contribution >= 0.6 is 0 Å². The van der Waals surface area contributed by atoms with Crippen LogP contribution in [0.25, 0.3) is 10.8 Å². The zero-order chi connectivity index (χ0) is 23.0. The summed E-state index contributed by atoms with van der Waals surface area (Å²) < 4.78 is 29.9. The predicted molar refractivity (Wildman–Crippen MR) is 129 cm³/mol. The third kappa shape index (κ3) is 5.41. The van der Waals surface area contributed by atoms with E-state index in [2.05, 4.69) is 10.5 Å². The summed E-state index contributed by atoms with van der Waals surface area (Å²) in [5.41, 5.74) is 5.85. The zero-order valence-electron chi connectivity index (χ0n) is 18.5. The van der Waals surface area contributed by atoms with Crippen molar-refractivity contribution in [2.45, 2.75) is 13.2 Å². The smallest absolute Gasteiger partial charge is 0.161 e. The zero-order valence-corrected chi connectivity index (χ0v) is 18.5. The number of hydrogen-bond donors (Lipinski definition) is 1. The van der Waals surface area contributed by atoms with Crippen LogP contribution in [0.5, 0.6) is 17.2 Å². The lowest BCUT2D eigenvalue weighted by molar-refractivity contribution is 0.306. The molecule has 4 aromatic carbocycles. The Morgan fingerprint density at radius 1 is 0.818 bits per heavy atom. The first-order chi connectivity index (χ1) is 16.2. The van der Waals surface area contributed by atoms with Crippen molar-refractivity contribution in [3.05, 3.63) is 101 Å². The highest BCUT2D eigenvalue weighted by molar-refractivity contribution is 6.02. The van der Waals surface area contributed by atoms with Crippen LogP contribution in [0.1, 0.15) is 16.7 Å². The minimum Gasteiger partial charge on any atom is -0.493 e. The molecule has 0 saturated heterocycles. The Kier molecular flexibility index (Phi) is 7.05. The molecule has 0 aliphatic rings. The molecule has 6 heteroatoms. The number of fused-ring (bicyclic) bond motifs is 1. The molecule has 33 heavy (non-hydrogen) atoms. The van der Waals surface area contributed by atoms with Crippen LogP contribution < -0.4 is 19.6 Å². The molecule has 4 rings (SSSR count). The molecule has 0 saturated carbocycles. The van der Waals surface area contributed by atoms with E-state index in [1.165, 1.54) is 12.1 Å². The van der Waals surface area contributed by atoms with Gasteiger partial charge in [0.25, 0.3) is 0 Å². The normalized spacial score (nSPS) is 11.0. The first kappa shape index (κ1) is 22.1. The average Bonchev–Trinajstić information content (AvgIpc) is 2.86. The number of rotatable bonds is 9. The molecular weight excluding hydrogens is 419 g/mol. The summed E-state index contributed by atoms with van der Waals surface area (Å²) in [5.74, 6) is 1.79. The van der Waals surface area contributed by atoms with Gasteiger partial charge < -0.3 is 19.6 Å². The van der Waals surface area contributed by atoms with E-state index >= 15 is 0 Å². The van der Waals surface area contributed by atoms with Gasteiger partial charge in [-0.1, -0.05) is 48.5 Å². The molecule has 168 valence electrons. The van der Waals surface area contributed by atoms with E-state index in [0.717, 1.165) is 27.5 Å². The summed E-state index contributed by atoms with van der Waals surface area (Å²) in [6.07, 6.45) is 1.77. The molecule has 0 atom stereocenters. The maximum absolute atomic E-state index is 13.2. The molecule has 0 amide bonds. The number of methoxy groups -OCH3 is 2. The van der Waals surface area contributed by atoms with E-state index in [4.69, 9.17) is 14.2 Å². The highest BCUT2D eigenvalue weighted by Gasteiger charge is 2.08. The SMILES string of the molecule is COc1ccc(CN/N=C/c2c(OCc3ccc(F)cc3)ccc3ccccc23)cc1OC. The molecule has 5 nitrogen and oxygen atoms in total. The van der Waals surface area contributed by atoms with Gasteiger partial charge in [-0.25, -0.2) is 4.39 Å². The summed E-state index contributed by atoms with van der Waals surface area (Å²) >= 11 is 0. The maximum atomic E-state index is 13.2. The topological polar surface area (TPSA) is 52.1 Å². The van der Waals surface area contributed by atoms with Crippen molar-refractivity contribution >= 4 is 17.0 Å². The molecule has 0 radical (unpaired) electrons. The highest BCUT2D eigenvalue weighted by Crippen LogP contribution is 2.28. The summed E-state index contributed by atoms with van der Waals surface area (Å²) in [5, 5.41) is 6.56. The van der Waals surface area contributed by atoms with Gasteiger partial charge in [0.05, 0.1) is 27.0 Å². The maximum Gasteiger partial charge on any atom is 0.161 e. The first-order valence-electron chi connectivity index (χ1n) is 10.5. The summed E-state index contributed by atoms with van der Waals surface area (Å²) in [6.45, 7) is 0.853. The van der Waals surface area contributed by atoms with Crippen molar-refractivity contribution in [3.63, 3.8) is 0 Å². The second-order valence-corrected chi connectivity index (χ2v) is 7.40. The molecule has 4 aromatic rings. The van der Waals surface area contributed by atoms with E-state index in [9.17, 15) is 4.39 Å². The third-order valence-corrected chi connectivity index (χ3v) is 5.25. The number of benzene rings is 4. The number of ether oxygens (including phenoxy) is 3. The second-order valence-electron chi connectivity index (χ2n) is 7.40. The Labute approximate surface area is 192 Å². The first-order valence-corrected chi connectivity index (χ1v) is 10.5. The quantitative estimate of drug-likeness (QED) is 0.266. The number of hydrazone groups is 1. The molecule has 0 aliphatic carbocycles. The largest absolute Gasteiger partial charge is 0.493 e. The van der Waals surface area contributed by atoms with Crippen LogP contribution in [0.15, 0.2) is 84.0 Å². The molecule has 0 fully saturated rings. The predicted octanol–water partition coefficient (Wildman–Crippen LogP) is 5.70. The molecule has 0 bridgehead atoms. The fourth-order valence-electron chi connectivity index (χ4n) is 3.51.